The molecule has 428 valence electrons. The van der Waals surface area contributed by atoms with E-state index < -0.39 is 23.8 Å². The van der Waals surface area contributed by atoms with Crippen LogP contribution in [0.25, 0.3) is 11.1 Å². The first-order chi connectivity index (χ1) is 39.5. The highest BCUT2D eigenvalue weighted by Gasteiger charge is 2.37. The van der Waals surface area contributed by atoms with Crippen molar-refractivity contribution in [3.63, 3.8) is 0 Å². The van der Waals surface area contributed by atoms with Gasteiger partial charge in [0.1, 0.15) is 14.7 Å². The smallest absolute Gasteiger partial charge is 0.269 e. The lowest BCUT2D eigenvalue weighted by Crippen LogP contribution is -2.45. The van der Waals surface area contributed by atoms with Gasteiger partial charge < -0.3 is 44.1 Å². The minimum Gasteiger partial charge on any atom is -0.497 e. The molecule has 0 aromatic heterocycles. The number of anilines is 1. The Kier molecular flexibility index (Phi) is 18.6. The lowest BCUT2D eigenvalue weighted by atomic mass is 9.92. The molecule has 0 saturated carbocycles. The van der Waals surface area contributed by atoms with Crippen molar-refractivity contribution in [1.29, 1.82) is 0 Å². The highest BCUT2D eigenvalue weighted by molar-refractivity contribution is 9.14. The maximum absolute atomic E-state index is 14.1. The number of fused-ring (bicyclic) bond motifs is 4. The molecule has 0 bridgehead atoms. The molecule has 4 atom stereocenters. The molecule has 19 nitrogen and oxygen atoms in total. The first-order valence-corrected chi connectivity index (χ1v) is 28.7. The molecular weight excluding hydrogens is 1180 g/mol. The molecule has 5 aliphatic rings. The molecule has 5 heterocycles. The van der Waals surface area contributed by atoms with E-state index in [9.17, 15) is 33.6 Å². The van der Waals surface area contributed by atoms with Crippen molar-refractivity contribution >= 4 is 114 Å². The van der Waals surface area contributed by atoms with E-state index >= 15 is 0 Å². The third kappa shape index (κ3) is 12.9. The summed E-state index contributed by atoms with van der Waals surface area (Å²) in [5.41, 5.74) is 6.01. The van der Waals surface area contributed by atoms with E-state index in [4.69, 9.17) is 33.7 Å². The van der Waals surface area contributed by atoms with Gasteiger partial charge in [0.15, 0.2) is 28.8 Å². The number of nitrogens with zero attached hydrogens (tertiary/aromatic N) is 5. The second-order valence-electron chi connectivity index (χ2n) is 20.8. The molecule has 0 fully saturated rings. The molecule has 21 heteroatoms. The van der Waals surface area contributed by atoms with E-state index in [1.807, 2.05) is 62.6 Å². The molecule has 0 unspecified atom stereocenters. The van der Waals surface area contributed by atoms with Crippen molar-refractivity contribution in [3.8, 4) is 28.7 Å². The second-order valence-corrected chi connectivity index (χ2v) is 22.4. The lowest BCUT2D eigenvalue weighted by Gasteiger charge is -2.23. The van der Waals surface area contributed by atoms with Crippen LogP contribution in [0.15, 0.2) is 104 Å². The van der Waals surface area contributed by atoms with Crippen LogP contribution in [0.3, 0.4) is 0 Å². The molecule has 0 saturated heterocycles. The summed E-state index contributed by atoms with van der Waals surface area (Å²) in [6, 6.07) is 20.4. The Morgan fingerprint density at radius 3 is 1.63 bits per heavy atom. The number of Topliss-reactive ketones (excluding diaryl/α,β-unsaturated/α-hetero) is 1. The Bertz CT molecular complexity index is 3330. The number of nitrogens with one attached hydrogen (secondary N) is 2. The first kappa shape index (κ1) is 58.7. The number of rotatable bonds is 24. The highest BCUT2D eigenvalue weighted by atomic mass is 79.9. The second kappa shape index (κ2) is 25.9. The van der Waals surface area contributed by atoms with Crippen molar-refractivity contribution < 1.29 is 57.2 Å². The van der Waals surface area contributed by atoms with E-state index in [2.05, 4.69) is 42.5 Å². The summed E-state index contributed by atoms with van der Waals surface area (Å²) < 4.78 is 29.4. The zero-order valence-corrected chi connectivity index (χ0v) is 49.5. The summed E-state index contributed by atoms with van der Waals surface area (Å²) in [4.78, 5) is 106. The summed E-state index contributed by atoms with van der Waals surface area (Å²) in [7, 11) is 4.65. The molecule has 0 spiro atoms. The van der Waals surface area contributed by atoms with Crippen LogP contribution in [0.1, 0.15) is 104 Å². The van der Waals surface area contributed by atoms with Gasteiger partial charge in [-0.3, -0.25) is 48.4 Å². The van der Waals surface area contributed by atoms with E-state index in [1.54, 1.807) is 72.7 Å². The van der Waals surface area contributed by atoms with Crippen LogP contribution in [0, 0.1) is 11.8 Å². The number of aliphatic imine (C=N–C) groups is 2. The fourth-order valence-electron chi connectivity index (χ4n) is 10.2. The average molecular weight is 1250 g/mol. The number of unbranched alkanes of at least 4 members (excludes halogenated alkanes) is 2. The SMILES string of the molecule is COc1ccc(C2=CN3C(=O)c4cc(OC)c(OCCCOc5cc6c(cc5OC)C(=O)N5C=C(c7ccc(NC(=O)[C@@H](C)CC(=O)[C@H](NC(=O)CCCCCN8C(=O)C(Br)=C(Br)C8=O)C(C)C)cc7)C[C@@H]5C=N6)cc4N=C[C@H]3C2)cc1. The van der Waals surface area contributed by atoms with Crippen molar-refractivity contribution in [2.75, 3.05) is 46.4 Å². The molecule has 0 aliphatic carbocycles. The Balaban J connectivity index is 0.734. The number of ether oxygens (including phenoxy) is 5. The standard InChI is InChI=1S/C61H63Br2N7O12/c1-34(2)56(67-53(72)11-8-7-9-20-68-60(76)54(62)55(63)61(68)77)48(71)23-35(3)57(73)66-40-16-12-36(13-17-40)38-24-41-30-64-46-28-51(49(79-5)26-44(46)58(74)69(41)32-38)81-21-10-22-82-52-29-47-45(27-50(52)80-6)59(75)70-33-39(25-42(70)31-65-47)37-14-18-43(78-4)19-15-37/h12-19,26-35,41-42,56H,7-11,20-25H2,1-6H3,(H,66,73)(H,67,72)/t35-,41+,42+,56+/m0/s1. The fraction of sp³-hybridized carbons (Fsp3) is 0.361. The average Bonchev–Trinajstić information content (AvgIpc) is 4.34. The largest absolute Gasteiger partial charge is 0.497 e. The third-order valence-corrected chi connectivity index (χ3v) is 16.8. The summed E-state index contributed by atoms with van der Waals surface area (Å²) in [6.45, 7) is 6.07. The van der Waals surface area contributed by atoms with E-state index in [1.165, 1.54) is 14.2 Å². The minimum atomic E-state index is -0.773. The van der Waals surface area contributed by atoms with Gasteiger partial charge in [0.2, 0.25) is 11.8 Å². The van der Waals surface area contributed by atoms with E-state index in [-0.39, 0.29) is 89.0 Å². The van der Waals surface area contributed by atoms with E-state index in [0.29, 0.717) is 89.7 Å². The molecule has 2 N–H and O–H groups in total. The molecule has 82 heavy (non-hydrogen) atoms. The minimum absolute atomic E-state index is 0.0770. The van der Waals surface area contributed by atoms with Crippen LogP contribution in [0.4, 0.5) is 17.1 Å². The predicted octanol–water partition coefficient (Wildman–Crippen LogP) is 10.1. The van der Waals surface area contributed by atoms with Gasteiger partial charge in [0.25, 0.3) is 23.6 Å². The van der Waals surface area contributed by atoms with Gasteiger partial charge in [0, 0.05) is 87.2 Å². The molecule has 0 radical (unpaired) electrons. The topological polar surface area (TPSA) is 224 Å². The van der Waals surface area contributed by atoms with E-state index in [0.717, 1.165) is 32.9 Å². The van der Waals surface area contributed by atoms with Crippen LogP contribution >= 0.6 is 31.9 Å². The van der Waals surface area contributed by atoms with Crippen molar-refractivity contribution in [2.24, 2.45) is 21.8 Å². The third-order valence-electron chi connectivity index (χ3n) is 14.8. The molecular formula is C61H63Br2N7O12. The van der Waals surface area contributed by atoms with Crippen LogP contribution in [-0.4, -0.2) is 128 Å². The number of ketones is 1. The zero-order chi connectivity index (χ0) is 58.4. The number of amides is 6. The fourth-order valence-corrected chi connectivity index (χ4v) is 11.0. The van der Waals surface area contributed by atoms with Crippen LogP contribution in [0.2, 0.25) is 0 Å². The Hall–Kier alpha value is -7.91. The molecule has 4 aromatic carbocycles. The molecule has 9 rings (SSSR count). The van der Waals surface area contributed by atoms with Gasteiger partial charge >= 0.3 is 0 Å². The first-order valence-electron chi connectivity index (χ1n) is 27.1. The number of carbonyl (C=O) groups excluding carboxylic acids is 7. The van der Waals surface area contributed by atoms with Crippen LogP contribution < -0.4 is 34.3 Å². The maximum atomic E-state index is 14.1. The number of halogens is 2. The number of imide groups is 1. The summed E-state index contributed by atoms with van der Waals surface area (Å²) in [6.07, 6.45) is 10.6. The zero-order valence-electron chi connectivity index (χ0n) is 46.3. The number of hydrogen-bond donors (Lipinski definition) is 2. The van der Waals surface area contributed by atoms with Gasteiger partial charge in [-0.1, -0.05) is 51.5 Å². The predicted molar refractivity (Wildman–Crippen MR) is 317 cm³/mol. The quantitative estimate of drug-likeness (QED) is 0.0494. The van der Waals surface area contributed by atoms with Crippen molar-refractivity contribution in [3.05, 3.63) is 116 Å². The number of methoxy groups -OCH3 is 3. The Morgan fingerprint density at radius 1 is 0.634 bits per heavy atom. The van der Waals surface area contributed by atoms with Gasteiger partial charge in [-0.15, -0.1) is 0 Å². The Labute approximate surface area is 492 Å². The lowest BCUT2D eigenvalue weighted by molar-refractivity contribution is -0.137. The molecule has 6 amide bonds. The van der Waals surface area contributed by atoms with Crippen molar-refractivity contribution in [2.45, 2.75) is 90.3 Å². The number of benzene rings is 4. The monoisotopic (exact) mass is 1240 g/mol. The van der Waals surface area contributed by atoms with Gasteiger partial charge in [-0.05, 0) is 109 Å². The summed E-state index contributed by atoms with van der Waals surface area (Å²) >= 11 is 6.24. The summed E-state index contributed by atoms with van der Waals surface area (Å²) in [5, 5.41) is 5.75. The molecule has 4 aromatic rings. The van der Waals surface area contributed by atoms with Gasteiger partial charge in [0.05, 0.1) is 75.2 Å². The highest BCUT2D eigenvalue weighted by Crippen LogP contribution is 2.42. The number of hydrogen-bond acceptors (Lipinski definition) is 14. The van der Waals surface area contributed by atoms with Gasteiger partial charge in [-0.25, -0.2) is 0 Å². The molecule has 5 aliphatic heterocycles. The van der Waals surface area contributed by atoms with Gasteiger partial charge in [-0.2, -0.15) is 0 Å². The van der Waals surface area contributed by atoms with Crippen LogP contribution in [0.5, 0.6) is 28.7 Å². The van der Waals surface area contributed by atoms with Crippen LogP contribution in [-0.2, 0) is 24.0 Å². The normalized spacial score (nSPS) is 17.8. The summed E-state index contributed by atoms with van der Waals surface area (Å²) in [5.74, 6) is -0.641. The van der Waals surface area contributed by atoms with Crippen molar-refractivity contribution in [1.82, 2.24) is 20.0 Å². The Morgan fingerprint density at radius 2 is 1.15 bits per heavy atom. The number of carbonyl (C=O) groups is 7. The maximum Gasteiger partial charge on any atom is 0.269 e.